The van der Waals surface area contributed by atoms with Crippen molar-refractivity contribution < 1.29 is 22.7 Å². The van der Waals surface area contributed by atoms with Gasteiger partial charge in [0.2, 0.25) is 10.0 Å². The molecule has 0 bridgehead atoms. The normalized spacial score (nSPS) is 11.5. The molecule has 142 valence electrons. The number of ether oxygens (including phenoxy) is 2. The zero-order chi connectivity index (χ0) is 19.6. The Labute approximate surface area is 157 Å². The highest BCUT2D eigenvalue weighted by Gasteiger charge is 2.12. The number of H-pyrrole nitrogens is 1. The monoisotopic (exact) mass is 388 g/mol. The number of hydrogen-bond donors (Lipinski definition) is 2. The summed E-state index contributed by atoms with van der Waals surface area (Å²) < 4.78 is 33.0. The molecule has 0 atom stereocenters. The van der Waals surface area contributed by atoms with E-state index in [0.29, 0.717) is 11.4 Å². The summed E-state index contributed by atoms with van der Waals surface area (Å²) in [5.41, 5.74) is 3.48. The maximum absolute atomic E-state index is 12.2. The SMILES string of the molecule is Cc1cc(C)c2cc(C(=O)OCCOc3ccc(S(N)(=O)=O)cc3)[nH]c2c1. The average Bonchev–Trinajstić information content (AvgIpc) is 3.02. The van der Waals surface area contributed by atoms with Gasteiger partial charge in [-0.2, -0.15) is 0 Å². The van der Waals surface area contributed by atoms with Crippen LogP contribution in [0.2, 0.25) is 0 Å². The van der Waals surface area contributed by atoms with E-state index < -0.39 is 16.0 Å². The van der Waals surface area contributed by atoms with E-state index in [9.17, 15) is 13.2 Å². The van der Waals surface area contributed by atoms with Crippen LogP contribution in [0.1, 0.15) is 21.6 Å². The van der Waals surface area contributed by atoms with Crippen molar-refractivity contribution in [2.24, 2.45) is 5.14 Å². The number of carbonyl (C=O) groups excluding carboxylic acids is 1. The van der Waals surface area contributed by atoms with Gasteiger partial charge in [0, 0.05) is 10.9 Å². The van der Waals surface area contributed by atoms with E-state index in [2.05, 4.69) is 11.1 Å². The second-order valence-corrected chi connectivity index (χ2v) is 7.79. The Morgan fingerprint density at radius 1 is 1.07 bits per heavy atom. The van der Waals surface area contributed by atoms with Crippen molar-refractivity contribution >= 4 is 26.9 Å². The molecule has 0 saturated heterocycles. The summed E-state index contributed by atoms with van der Waals surface area (Å²) >= 11 is 0. The number of esters is 1. The molecule has 0 aliphatic carbocycles. The second kappa shape index (κ2) is 7.42. The van der Waals surface area contributed by atoms with E-state index in [1.165, 1.54) is 24.3 Å². The first-order valence-corrected chi connectivity index (χ1v) is 9.81. The number of aromatic nitrogens is 1. The first kappa shape index (κ1) is 18.9. The fraction of sp³-hybridized carbons (Fsp3) is 0.211. The number of aromatic amines is 1. The van der Waals surface area contributed by atoms with Gasteiger partial charge in [-0.3, -0.25) is 0 Å². The molecule has 0 amide bonds. The van der Waals surface area contributed by atoms with Gasteiger partial charge in [0.25, 0.3) is 0 Å². The van der Waals surface area contributed by atoms with E-state index in [1.54, 1.807) is 6.07 Å². The zero-order valence-electron chi connectivity index (χ0n) is 15.0. The molecule has 0 unspecified atom stereocenters. The lowest BCUT2D eigenvalue weighted by Gasteiger charge is -2.07. The fourth-order valence-electron chi connectivity index (χ4n) is 2.81. The van der Waals surface area contributed by atoms with E-state index in [4.69, 9.17) is 14.6 Å². The van der Waals surface area contributed by atoms with Crippen LogP contribution in [0.3, 0.4) is 0 Å². The minimum atomic E-state index is -3.73. The summed E-state index contributed by atoms with van der Waals surface area (Å²) in [7, 11) is -3.73. The van der Waals surface area contributed by atoms with Gasteiger partial charge in [-0.05, 0) is 61.4 Å². The predicted molar refractivity (Wildman–Crippen MR) is 101 cm³/mol. The molecule has 1 heterocycles. The molecule has 3 N–H and O–H groups in total. The lowest BCUT2D eigenvalue weighted by atomic mass is 10.1. The quantitative estimate of drug-likeness (QED) is 0.498. The van der Waals surface area contributed by atoms with Crippen LogP contribution in [0.5, 0.6) is 5.75 Å². The Bertz CT molecular complexity index is 1090. The van der Waals surface area contributed by atoms with Gasteiger partial charge in [0.1, 0.15) is 24.7 Å². The van der Waals surface area contributed by atoms with Gasteiger partial charge in [-0.25, -0.2) is 18.4 Å². The van der Waals surface area contributed by atoms with Crippen LogP contribution in [0, 0.1) is 13.8 Å². The molecule has 0 aliphatic heterocycles. The van der Waals surface area contributed by atoms with Crippen molar-refractivity contribution in [3.63, 3.8) is 0 Å². The molecule has 0 spiro atoms. The predicted octanol–water partition coefficient (Wildman–Crippen LogP) is 2.67. The molecule has 1 aromatic heterocycles. The molecular formula is C19H20N2O5S. The van der Waals surface area contributed by atoms with Crippen molar-refractivity contribution in [1.29, 1.82) is 0 Å². The van der Waals surface area contributed by atoms with Gasteiger partial charge in [0.05, 0.1) is 4.90 Å². The first-order valence-electron chi connectivity index (χ1n) is 8.27. The third kappa shape index (κ3) is 4.47. The number of rotatable bonds is 6. The maximum atomic E-state index is 12.2. The number of carbonyl (C=O) groups is 1. The van der Waals surface area contributed by atoms with Crippen LogP contribution in [0.15, 0.2) is 47.4 Å². The standard InChI is InChI=1S/C19H20N2O5S/c1-12-9-13(2)16-11-18(21-17(16)10-12)19(22)26-8-7-25-14-3-5-15(6-4-14)27(20,23)24/h3-6,9-11,21H,7-8H2,1-2H3,(H2,20,23,24). The Morgan fingerprint density at radius 2 is 1.78 bits per heavy atom. The summed E-state index contributed by atoms with van der Waals surface area (Å²) in [5, 5.41) is 6.02. The molecule has 0 radical (unpaired) electrons. The Balaban J connectivity index is 1.55. The number of fused-ring (bicyclic) bond motifs is 1. The van der Waals surface area contributed by atoms with Crippen LogP contribution in [-0.4, -0.2) is 32.6 Å². The van der Waals surface area contributed by atoms with Crippen molar-refractivity contribution in [2.75, 3.05) is 13.2 Å². The van der Waals surface area contributed by atoms with Gasteiger partial charge >= 0.3 is 5.97 Å². The minimum Gasteiger partial charge on any atom is -0.490 e. The zero-order valence-corrected chi connectivity index (χ0v) is 15.8. The smallest absolute Gasteiger partial charge is 0.354 e. The fourth-order valence-corrected chi connectivity index (χ4v) is 3.32. The molecule has 0 saturated carbocycles. The molecule has 0 aliphatic rings. The lowest BCUT2D eigenvalue weighted by molar-refractivity contribution is 0.0444. The Morgan fingerprint density at radius 3 is 2.44 bits per heavy atom. The number of sulfonamides is 1. The van der Waals surface area contributed by atoms with Gasteiger partial charge < -0.3 is 14.5 Å². The van der Waals surface area contributed by atoms with Crippen molar-refractivity contribution in [1.82, 2.24) is 4.98 Å². The molecule has 0 fully saturated rings. The Hall–Kier alpha value is -2.84. The highest BCUT2D eigenvalue weighted by atomic mass is 32.2. The van der Waals surface area contributed by atoms with Crippen LogP contribution in [0.4, 0.5) is 0 Å². The molecule has 3 rings (SSSR count). The second-order valence-electron chi connectivity index (χ2n) is 6.23. The first-order chi connectivity index (χ1) is 12.7. The van der Waals surface area contributed by atoms with Crippen LogP contribution in [0.25, 0.3) is 10.9 Å². The Kier molecular flexibility index (Phi) is 5.20. The molecule has 27 heavy (non-hydrogen) atoms. The third-order valence-corrected chi connectivity index (χ3v) is 4.98. The van der Waals surface area contributed by atoms with E-state index in [-0.39, 0.29) is 18.1 Å². The summed E-state index contributed by atoms with van der Waals surface area (Å²) in [5.74, 6) is -0.00779. The van der Waals surface area contributed by atoms with Crippen LogP contribution >= 0.6 is 0 Å². The molecule has 8 heteroatoms. The van der Waals surface area contributed by atoms with Crippen LogP contribution < -0.4 is 9.88 Å². The van der Waals surface area contributed by atoms with E-state index in [0.717, 1.165) is 22.0 Å². The number of nitrogens with two attached hydrogens (primary N) is 1. The van der Waals surface area contributed by atoms with E-state index in [1.807, 2.05) is 19.9 Å². The molecule has 2 aromatic carbocycles. The number of nitrogens with one attached hydrogen (secondary N) is 1. The van der Waals surface area contributed by atoms with Crippen LogP contribution in [-0.2, 0) is 14.8 Å². The van der Waals surface area contributed by atoms with Gasteiger partial charge in [-0.15, -0.1) is 0 Å². The highest BCUT2D eigenvalue weighted by molar-refractivity contribution is 7.89. The number of primary sulfonamides is 1. The summed E-state index contributed by atoms with van der Waals surface area (Å²) in [4.78, 5) is 15.3. The average molecular weight is 388 g/mol. The lowest BCUT2D eigenvalue weighted by Crippen LogP contribution is -2.13. The van der Waals surface area contributed by atoms with Crippen molar-refractivity contribution in [3.05, 3.63) is 59.3 Å². The maximum Gasteiger partial charge on any atom is 0.354 e. The summed E-state index contributed by atoms with van der Waals surface area (Å²) in [6, 6.07) is 11.5. The summed E-state index contributed by atoms with van der Waals surface area (Å²) in [6.07, 6.45) is 0. The van der Waals surface area contributed by atoms with E-state index >= 15 is 0 Å². The molecule has 3 aromatic rings. The number of hydrogen-bond acceptors (Lipinski definition) is 5. The topological polar surface area (TPSA) is 111 Å². The largest absolute Gasteiger partial charge is 0.490 e. The number of aryl methyl sites for hydroxylation is 2. The van der Waals surface area contributed by atoms with Crippen molar-refractivity contribution in [3.8, 4) is 5.75 Å². The molecular weight excluding hydrogens is 368 g/mol. The van der Waals surface area contributed by atoms with Gasteiger partial charge in [-0.1, -0.05) is 6.07 Å². The summed E-state index contributed by atoms with van der Waals surface area (Å²) in [6.45, 7) is 4.19. The third-order valence-electron chi connectivity index (χ3n) is 4.05. The van der Waals surface area contributed by atoms with Gasteiger partial charge in [0.15, 0.2) is 0 Å². The van der Waals surface area contributed by atoms with Crippen molar-refractivity contribution in [2.45, 2.75) is 18.7 Å². The molecule has 7 nitrogen and oxygen atoms in total. The minimum absolute atomic E-state index is 0.00520. The number of benzene rings is 2. The highest BCUT2D eigenvalue weighted by Crippen LogP contribution is 2.22.